The van der Waals surface area contributed by atoms with E-state index < -0.39 is 0 Å². The Kier molecular flexibility index (Phi) is 11.4. The van der Waals surface area contributed by atoms with Crippen molar-refractivity contribution in [1.29, 1.82) is 0 Å². The lowest BCUT2D eigenvalue weighted by molar-refractivity contribution is 0.0976. The number of allylic oxidation sites excluding steroid dienone is 1. The van der Waals surface area contributed by atoms with E-state index in [1.54, 1.807) is 18.3 Å². The molecule has 0 bridgehead atoms. The molecular formula is C18H31N3OS. The summed E-state index contributed by atoms with van der Waals surface area (Å²) in [5.74, 6) is -0.203. The van der Waals surface area contributed by atoms with E-state index in [0.717, 1.165) is 17.7 Å². The number of nitrogens with one attached hydrogen (secondary N) is 2. The number of amides is 1. The van der Waals surface area contributed by atoms with Gasteiger partial charge < -0.3 is 5.32 Å². The largest absolute Gasteiger partial charge is 0.362 e. The van der Waals surface area contributed by atoms with Crippen molar-refractivity contribution in [2.45, 2.75) is 41.0 Å². The van der Waals surface area contributed by atoms with Crippen LogP contribution in [-0.2, 0) is 0 Å². The highest BCUT2D eigenvalue weighted by Crippen LogP contribution is 2.03. The summed E-state index contributed by atoms with van der Waals surface area (Å²) in [5, 5.41) is 6.00. The second-order valence-corrected chi connectivity index (χ2v) is 4.90. The normalized spacial score (nSPS) is 10.7. The van der Waals surface area contributed by atoms with Gasteiger partial charge in [-0.3, -0.25) is 15.1 Å². The molecule has 0 radical (unpaired) electrons. The van der Waals surface area contributed by atoms with Crippen molar-refractivity contribution < 1.29 is 7.65 Å². The van der Waals surface area contributed by atoms with E-state index in [-0.39, 0.29) is 8.76 Å². The van der Waals surface area contributed by atoms with Gasteiger partial charge in [0.05, 0.1) is 0 Å². The standard InChI is InChI=1S/C16H21N3OS.C2H6.2H2/c1-4-14(17-5-2)10-11-18-16(21)19-15(20)13-8-6-12(3)7-9-13;1-2;;/h4-9H,10-11H2,1-3H3,(H2,18,19,20,21);1-2H3;2*1H/b14-4-,17-5?;;;. The lowest BCUT2D eigenvalue weighted by Gasteiger charge is -2.09. The molecule has 0 spiro atoms. The van der Waals surface area contributed by atoms with Gasteiger partial charge in [0.25, 0.3) is 5.91 Å². The van der Waals surface area contributed by atoms with Crippen molar-refractivity contribution in [3.8, 4) is 0 Å². The number of carbonyl (C=O) groups is 1. The van der Waals surface area contributed by atoms with Crippen LogP contribution in [0.3, 0.4) is 0 Å². The van der Waals surface area contributed by atoms with E-state index in [1.165, 1.54) is 0 Å². The maximum atomic E-state index is 11.9. The number of hydrogen-bond donors (Lipinski definition) is 2. The Balaban J connectivity index is -0.00000116. The van der Waals surface area contributed by atoms with Crippen LogP contribution in [-0.4, -0.2) is 23.8 Å². The van der Waals surface area contributed by atoms with Gasteiger partial charge in [-0.15, -0.1) is 0 Å². The lowest BCUT2D eigenvalue weighted by atomic mass is 10.1. The minimum atomic E-state index is -0.203. The van der Waals surface area contributed by atoms with Crippen LogP contribution in [0, 0.1) is 6.92 Å². The molecule has 0 aliphatic rings. The van der Waals surface area contributed by atoms with Gasteiger partial charge in [0.2, 0.25) is 0 Å². The Bertz CT molecular complexity index is 558. The van der Waals surface area contributed by atoms with Crippen molar-refractivity contribution in [3.05, 3.63) is 47.2 Å². The quantitative estimate of drug-likeness (QED) is 0.614. The van der Waals surface area contributed by atoms with Crippen LogP contribution >= 0.6 is 12.2 Å². The van der Waals surface area contributed by atoms with E-state index in [9.17, 15) is 4.79 Å². The summed E-state index contributed by atoms with van der Waals surface area (Å²) in [4.78, 5) is 16.2. The average molecular weight is 338 g/mol. The second kappa shape index (κ2) is 12.5. The molecule has 130 valence electrons. The summed E-state index contributed by atoms with van der Waals surface area (Å²) in [6.07, 6.45) is 4.46. The second-order valence-electron chi connectivity index (χ2n) is 4.49. The third-order valence-electron chi connectivity index (χ3n) is 2.84. The minimum absolute atomic E-state index is 0. The first-order chi connectivity index (χ1) is 11.1. The molecule has 0 saturated heterocycles. The summed E-state index contributed by atoms with van der Waals surface area (Å²) in [7, 11) is 0. The van der Waals surface area contributed by atoms with Gasteiger partial charge in [0, 0.05) is 33.3 Å². The zero-order chi connectivity index (χ0) is 17.7. The van der Waals surface area contributed by atoms with Crippen LogP contribution in [0.2, 0.25) is 0 Å². The fourth-order valence-electron chi connectivity index (χ4n) is 1.68. The molecule has 4 nitrogen and oxygen atoms in total. The third kappa shape index (κ3) is 8.88. The molecule has 1 aromatic rings. The highest BCUT2D eigenvalue weighted by molar-refractivity contribution is 7.80. The van der Waals surface area contributed by atoms with Gasteiger partial charge in [0.1, 0.15) is 0 Å². The third-order valence-corrected chi connectivity index (χ3v) is 3.08. The van der Waals surface area contributed by atoms with E-state index in [0.29, 0.717) is 17.2 Å². The number of nitrogens with zero attached hydrogens (tertiary/aromatic N) is 1. The summed E-state index contributed by atoms with van der Waals surface area (Å²) in [6.45, 7) is 10.4. The smallest absolute Gasteiger partial charge is 0.257 e. The summed E-state index contributed by atoms with van der Waals surface area (Å²) in [5.41, 5.74) is 2.69. The fourth-order valence-corrected chi connectivity index (χ4v) is 1.87. The van der Waals surface area contributed by atoms with E-state index in [4.69, 9.17) is 12.2 Å². The van der Waals surface area contributed by atoms with Crippen molar-refractivity contribution in [2.24, 2.45) is 4.99 Å². The van der Waals surface area contributed by atoms with Crippen molar-refractivity contribution >= 4 is 29.5 Å². The first-order valence-electron chi connectivity index (χ1n) is 7.86. The number of aliphatic imine (C=N–C) groups is 1. The van der Waals surface area contributed by atoms with Crippen LogP contribution in [0.5, 0.6) is 0 Å². The molecule has 0 saturated carbocycles. The fraction of sp³-hybridized carbons (Fsp3) is 0.389. The maximum Gasteiger partial charge on any atom is 0.257 e. The number of aryl methyl sites for hydroxylation is 1. The zero-order valence-corrected chi connectivity index (χ0v) is 15.5. The molecule has 0 aliphatic carbocycles. The van der Waals surface area contributed by atoms with Gasteiger partial charge in [-0.05, 0) is 45.1 Å². The lowest BCUT2D eigenvalue weighted by Crippen LogP contribution is -2.39. The summed E-state index contributed by atoms with van der Waals surface area (Å²) >= 11 is 5.11. The molecule has 0 atom stereocenters. The SMILES string of the molecule is CC.CC=N/C(=C\C)CCNC(=S)NC(=O)c1ccc(C)cc1.[HH].[HH]. The number of carbonyl (C=O) groups excluding carboxylic acids is 1. The highest BCUT2D eigenvalue weighted by atomic mass is 32.1. The summed E-state index contributed by atoms with van der Waals surface area (Å²) < 4.78 is 0. The Hall–Kier alpha value is -2.01. The molecule has 0 aromatic heterocycles. The Labute approximate surface area is 148 Å². The first kappa shape index (κ1) is 21.0. The molecule has 2 N–H and O–H groups in total. The average Bonchev–Trinajstić information content (AvgIpc) is 2.56. The molecular weight excluding hydrogens is 306 g/mol. The Morgan fingerprint density at radius 3 is 2.39 bits per heavy atom. The monoisotopic (exact) mass is 337 g/mol. The topological polar surface area (TPSA) is 53.5 Å². The van der Waals surface area contributed by atoms with Gasteiger partial charge in [-0.2, -0.15) is 0 Å². The number of thiocarbonyl (C=S) groups is 1. The molecule has 0 aliphatic heterocycles. The van der Waals surface area contributed by atoms with Gasteiger partial charge in [-0.25, -0.2) is 0 Å². The molecule has 0 fully saturated rings. The maximum absolute atomic E-state index is 11.9. The van der Waals surface area contributed by atoms with E-state index >= 15 is 0 Å². The molecule has 0 heterocycles. The van der Waals surface area contributed by atoms with Crippen LogP contribution in [0.25, 0.3) is 0 Å². The van der Waals surface area contributed by atoms with Crippen LogP contribution in [0.4, 0.5) is 0 Å². The van der Waals surface area contributed by atoms with E-state index in [2.05, 4.69) is 15.6 Å². The van der Waals surface area contributed by atoms with Crippen LogP contribution < -0.4 is 10.6 Å². The highest BCUT2D eigenvalue weighted by Gasteiger charge is 2.06. The zero-order valence-electron chi connectivity index (χ0n) is 14.6. The van der Waals surface area contributed by atoms with E-state index in [1.807, 2.05) is 52.8 Å². The minimum Gasteiger partial charge on any atom is -0.362 e. The van der Waals surface area contributed by atoms with Crippen LogP contribution in [0.15, 0.2) is 41.0 Å². The Morgan fingerprint density at radius 1 is 1.26 bits per heavy atom. The number of rotatable bonds is 5. The first-order valence-corrected chi connectivity index (χ1v) is 8.27. The summed E-state index contributed by atoms with van der Waals surface area (Å²) in [6, 6.07) is 7.35. The predicted molar refractivity (Wildman–Crippen MR) is 107 cm³/mol. The van der Waals surface area contributed by atoms with Gasteiger partial charge in [-0.1, -0.05) is 37.6 Å². The molecule has 23 heavy (non-hydrogen) atoms. The number of benzene rings is 1. The van der Waals surface area contributed by atoms with Gasteiger partial charge in [0.15, 0.2) is 5.11 Å². The molecule has 0 unspecified atom stereocenters. The molecule has 1 rings (SSSR count). The van der Waals surface area contributed by atoms with Gasteiger partial charge >= 0.3 is 0 Å². The molecule has 5 heteroatoms. The van der Waals surface area contributed by atoms with Crippen molar-refractivity contribution in [2.75, 3.05) is 6.54 Å². The predicted octanol–water partition coefficient (Wildman–Crippen LogP) is 4.50. The van der Waals surface area contributed by atoms with Crippen LogP contribution in [0.1, 0.15) is 52.9 Å². The number of hydrogen-bond acceptors (Lipinski definition) is 3. The molecule has 1 amide bonds. The Morgan fingerprint density at radius 2 is 1.87 bits per heavy atom. The molecule has 1 aromatic carbocycles. The van der Waals surface area contributed by atoms with Crippen molar-refractivity contribution in [1.82, 2.24) is 10.6 Å². The van der Waals surface area contributed by atoms with Crippen molar-refractivity contribution in [3.63, 3.8) is 0 Å².